The number of esters is 2. The minimum Gasteiger partial charge on any atom is -0.427 e. The number of ether oxygens (including phenoxy) is 2. The molecule has 0 aromatic heterocycles. The molecule has 0 aliphatic heterocycles. The van der Waals surface area contributed by atoms with Gasteiger partial charge in [-0.25, -0.2) is 0 Å². The standard InChI is InChI=1S/C26H38O6/c1-15(2)20-9-17-10-25(13-28)19-8-7-16(3)18(19)11-24(17,12-27)26(20,25)22(30)32-14-31-21(29)23(4,5)6/h9,13,15-19,27H,7-8,10-12,14H2,1-6H3/t16-,17+,18-,19-,24+,25+,26-/m1/s1. The number of aldehydes is 1. The molecule has 0 unspecified atom stereocenters. The Kier molecular flexibility index (Phi) is 5.43. The van der Waals surface area contributed by atoms with Gasteiger partial charge >= 0.3 is 11.9 Å². The van der Waals surface area contributed by atoms with Gasteiger partial charge in [-0.05, 0) is 69.6 Å². The van der Waals surface area contributed by atoms with Crippen molar-refractivity contribution in [2.24, 2.45) is 51.2 Å². The summed E-state index contributed by atoms with van der Waals surface area (Å²) in [5.41, 5.74) is -2.61. The Morgan fingerprint density at radius 3 is 2.47 bits per heavy atom. The molecule has 0 amide bonds. The van der Waals surface area contributed by atoms with Crippen LogP contribution in [0, 0.1) is 51.2 Å². The van der Waals surface area contributed by atoms with Crippen LogP contribution in [0.2, 0.25) is 0 Å². The third kappa shape index (κ3) is 2.65. The molecular weight excluding hydrogens is 408 g/mol. The normalized spacial score (nSPS) is 41.9. The van der Waals surface area contributed by atoms with Crippen molar-refractivity contribution in [2.75, 3.05) is 13.4 Å². The largest absolute Gasteiger partial charge is 0.427 e. The molecule has 4 bridgehead atoms. The fourth-order valence-electron chi connectivity index (χ4n) is 8.10. The van der Waals surface area contributed by atoms with Crippen LogP contribution in [0.1, 0.15) is 67.2 Å². The lowest BCUT2D eigenvalue weighted by atomic mass is 9.43. The minimum absolute atomic E-state index is 0.0300. The van der Waals surface area contributed by atoms with Crippen LogP contribution in [0.3, 0.4) is 0 Å². The van der Waals surface area contributed by atoms with E-state index in [1.807, 2.05) is 13.8 Å². The van der Waals surface area contributed by atoms with E-state index in [4.69, 9.17) is 9.47 Å². The summed E-state index contributed by atoms with van der Waals surface area (Å²) in [7, 11) is 0. The topological polar surface area (TPSA) is 89.9 Å². The number of fused-ring (bicyclic) bond motifs is 2. The third-order valence-electron chi connectivity index (χ3n) is 9.38. The summed E-state index contributed by atoms with van der Waals surface area (Å²) in [6.45, 7) is 10.9. The average molecular weight is 447 g/mol. The van der Waals surface area contributed by atoms with E-state index in [0.717, 1.165) is 31.1 Å². The van der Waals surface area contributed by atoms with Gasteiger partial charge in [0.05, 0.1) is 17.4 Å². The molecule has 0 aromatic carbocycles. The highest BCUT2D eigenvalue weighted by atomic mass is 16.7. The predicted octanol–water partition coefficient (Wildman–Crippen LogP) is 3.91. The van der Waals surface area contributed by atoms with Gasteiger partial charge in [0.1, 0.15) is 11.7 Å². The van der Waals surface area contributed by atoms with Crippen LogP contribution in [0.4, 0.5) is 0 Å². The summed E-state index contributed by atoms with van der Waals surface area (Å²) in [5, 5.41) is 10.9. The zero-order chi connectivity index (χ0) is 23.7. The van der Waals surface area contributed by atoms with Gasteiger partial charge in [-0.3, -0.25) is 9.59 Å². The van der Waals surface area contributed by atoms with Crippen molar-refractivity contribution in [2.45, 2.75) is 67.2 Å². The summed E-state index contributed by atoms with van der Waals surface area (Å²) in [6.07, 6.45) is 6.43. The molecule has 6 heteroatoms. The van der Waals surface area contributed by atoms with Crippen molar-refractivity contribution in [3.05, 3.63) is 11.6 Å². The number of allylic oxidation sites excluding steroid dienone is 1. The van der Waals surface area contributed by atoms with E-state index < -0.39 is 40.4 Å². The molecule has 4 aliphatic rings. The van der Waals surface area contributed by atoms with Crippen molar-refractivity contribution in [3.8, 4) is 0 Å². The summed E-state index contributed by atoms with van der Waals surface area (Å²) in [4.78, 5) is 39.3. The second kappa shape index (κ2) is 7.41. The first-order valence-electron chi connectivity index (χ1n) is 12.1. The molecule has 4 rings (SSSR count). The quantitative estimate of drug-likeness (QED) is 0.288. The van der Waals surface area contributed by atoms with Gasteiger partial charge in [-0.15, -0.1) is 0 Å². The van der Waals surface area contributed by atoms with Crippen molar-refractivity contribution in [3.63, 3.8) is 0 Å². The van der Waals surface area contributed by atoms with Gasteiger partial charge < -0.3 is 19.4 Å². The number of rotatable bonds is 6. The van der Waals surface area contributed by atoms with Gasteiger partial charge in [0.2, 0.25) is 6.79 Å². The monoisotopic (exact) mass is 446 g/mol. The number of carbonyl (C=O) groups excluding carboxylic acids is 3. The van der Waals surface area contributed by atoms with Crippen LogP contribution in [-0.2, 0) is 23.9 Å². The highest BCUT2D eigenvalue weighted by Crippen LogP contribution is 2.82. The Morgan fingerprint density at radius 1 is 1.22 bits per heavy atom. The van der Waals surface area contributed by atoms with E-state index in [-0.39, 0.29) is 24.4 Å². The molecule has 7 atom stereocenters. The zero-order valence-corrected chi connectivity index (χ0v) is 20.3. The zero-order valence-electron chi connectivity index (χ0n) is 20.3. The van der Waals surface area contributed by atoms with Crippen molar-refractivity contribution in [1.29, 1.82) is 0 Å². The Balaban J connectivity index is 1.78. The molecule has 0 heterocycles. The fraction of sp³-hybridized carbons (Fsp3) is 0.808. The molecule has 0 spiro atoms. The van der Waals surface area contributed by atoms with Crippen LogP contribution >= 0.6 is 0 Å². The highest BCUT2D eigenvalue weighted by Gasteiger charge is 2.84. The Hall–Kier alpha value is -1.69. The summed E-state index contributed by atoms with van der Waals surface area (Å²) >= 11 is 0. The van der Waals surface area contributed by atoms with Crippen LogP contribution in [-0.4, -0.2) is 36.7 Å². The van der Waals surface area contributed by atoms with Crippen LogP contribution in [0.15, 0.2) is 11.6 Å². The molecular formula is C26H38O6. The van der Waals surface area contributed by atoms with Crippen molar-refractivity contribution < 1.29 is 29.0 Å². The number of aliphatic hydroxyl groups is 1. The van der Waals surface area contributed by atoms with Gasteiger partial charge in [0.15, 0.2) is 0 Å². The first-order valence-corrected chi connectivity index (χ1v) is 12.1. The first kappa shape index (κ1) is 23.5. The maximum Gasteiger partial charge on any atom is 0.320 e. The smallest absolute Gasteiger partial charge is 0.320 e. The minimum atomic E-state index is -1.20. The summed E-state index contributed by atoms with van der Waals surface area (Å²) in [6, 6.07) is 0. The molecule has 6 nitrogen and oxygen atoms in total. The Labute approximate surface area is 191 Å². The second-order valence-electron chi connectivity index (χ2n) is 12.1. The maximum absolute atomic E-state index is 14.1. The number of carbonyl (C=O) groups is 3. The molecule has 1 N–H and O–H groups in total. The average Bonchev–Trinajstić information content (AvgIpc) is 3.30. The molecule has 178 valence electrons. The lowest BCUT2D eigenvalue weighted by molar-refractivity contribution is -0.201. The van der Waals surface area contributed by atoms with E-state index >= 15 is 0 Å². The Morgan fingerprint density at radius 2 is 1.91 bits per heavy atom. The van der Waals surface area contributed by atoms with Crippen LogP contribution < -0.4 is 0 Å². The van der Waals surface area contributed by atoms with E-state index in [1.54, 1.807) is 20.8 Å². The van der Waals surface area contributed by atoms with Gasteiger partial charge in [-0.1, -0.05) is 38.8 Å². The first-order chi connectivity index (χ1) is 14.9. The van der Waals surface area contributed by atoms with Crippen molar-refractivity contribution in [1.82, 2.24) is 0 Å². The molecule has 4 aliphatic carbocycles. The lowest BCUT2D eigenvalue weighted by Crippen LogP contribution is -2.63. The van der Waals surface area contributed by atoms with E-state index in [1.165, 1.54) is 0 Å². The van der Waals surface area contributed by atoms with E-state index in [0.29, 0.717) is 18.3 Å². The van der Waals surface area contributed by atoms with Gasteiger partial charge in [0, 0.05) is 5.41 Å². The maximum atomic E-state index is 14.1. The molecule has 32 heavy (non-hydrogen) atoms. The van der Waals surface area contributed by atoms with E-state index in [9.17, 15) is 19.5 Å². The molecule has 0 saturated heterocycles. The summed E-state index contributed by atoms with van der Waals surface area (Å²) < 4.78 is 10.9. The predicted molar refractivity (Wildman–Crippen MR) is 118 cm³/mol. The molecule has 3 saturated carbocycles. The highest BCUT2D eigenvalue weighted by molar-refractivity contribution is 5.91. The number of hydrogen-bond donors (Lipinski definition) is 1. The van der Waals surface area contributed by atoms with Crippen molar-refractivity contribution >= 4 is 18.2 Å². The molecule has 0 radical (unpaired) electrons. The lowest BCUT2D eigenvalue weighted by Gasteiger charge is -2.58. The SMILES string of the molecule is CC(C)C1=C[C@H]2C[C@]3(C=O)[C@@H]4CC[C@@H](C)[C@H]4C[C@@]2(CO)[C@]13C(=O)OCOC(=O)C(C)(C)C. The molecule has 0 aromatic rings. The summed E-state index contributed by atoms with van der Waals surface area (Å²) in [5.74, 6) is -0.0819. The third-order valence-corrected chi connectivity index (χ3v) is 9.38. The van der Waals surface area contributed by atoms with Crippen LogP contribution in [0.5, 0.6) is 0 Å². The fourth-order valence-corrected chi connectivity index (χ4v) is 8.10. The van der Waals surface area contributed by atoms with Gasteiger partial charge in [0.25, 0.3) is 0 Å². The Bertz CT molecular complexity index is 853. The second-order valence-corrected chi connectivity index (χ2v) is 12.1. The number of hydrogen-bond acceptors (Lipinski definition) is 6. The molecule has 3 fully saturated rings. The number of aliphatic hydroxyl groups excluding tert-OH is 1. The van der Waals surface area contributed by atoms with Gasteiger partial charge in [-0.2, -0.15) is 0 Å². The van der Waals surface area contributed by atoms with E-state index in [2.05, 4.69) is 13.0 Å². The van der Waals surface area contributed by atoms with Crippen LogP contribution in [0.25, 0.3) is 0 Å².